The van der Waals surface area contributed by atoms with Gasteiger partial charge < -0.3 is 31.6 Å². The SMILES string of the molecule is CC(C)(C)OC(=O)N[C@@H]1C[C@H]1N.CC(C)(C)OC(=O)N[C@H]1C[C@@H]1N. The van der Waals surface area contributed by atoms with Gasteiger partial charge in [-0.05, 0) is 54.4 Å². The molecule has 2 aliphatic rings. The maximum atomic E-state index is 11.1. The molecule has 4 atom stereocenters. The highest BCUT2D eigenvalue weighted by Gasteiger charge is 2.36. The van der Waals surface area contributed by atoms with Crippen LogP contribution in [0.15, 0.2) is 0 Å². The zero-order chi connectivity index (χ0) is 18.7. The molecule has 0 aliphatic heterocycles. The third kappa shape index (κ3) is 9.57. The van der Waals surface area contributed by atoms with Crippen LogP contribution in [0.4, 0.5) is 9.59 Å². The molecule has 2 amide bonds. The molecule has 140 valence electrons. The van der Waals surface area contributed by atoms with Gasteiger partial charge in [-0.2, -0.15) is 0 Å². The standard InChI is InChI=1S/2C8H16N2O2/c2*1-8(2,3)12-7(11)10-6-4-5(6)9/h2*5-6H,4,9H2,1-3H3,(H,10,11)/t2*5-,6-/m10/s1. The van der Waals surface area contributed by atoms with E-state index in [-0.39, 0.29) is 36.4 Å². The van der Waals surface area contributed by atoms with E-state index in [1.54, 1.807) is 0 Å². The highest BCUT2D eigenvalue weighted by atomic mass is 16.6. The van der Waals surface area contributed by atoms with Crippen LogP contribution in [0.25, 0.3) is 0 Å². The Balaban J connectivity index is 0.000000240. The molecule has 24 heavy (non-hydrogen) atoms. The maximum Gasteiger partial charge on any atom is 0.407 e. The topological polar surface area (TPSA) is 129 Å². The van der Waals surface area contributed by atoms with Crippen molar-refractivity contribution in [3.63, 3.8) is 0 Å². The largest absolute Gasteiger partial charge is 0.444 e. The smallest absolute Gasteiger partial charge is 0.407 e. The molecular weight excluding hydrogens is 312 g/mol. The molecule has 8 nitrogen and oxygen atoms in total. The molecule has 2 aliphatic carbocycles. The lowest BCUT2D eigenvalue weighted by atomic mass is 10.2. The van der Waals surface area contributed by atoms with Gasteiger partial charge >= 0.3 is 12.2 Å². The van der Waals surface area contributed by atoms with Crippen LogP contribution < -0.4 is 22.1 Å². The second-order valence-corrected chi connectivity index (χ2v) is 8.30. The molecule has 0 unspecified atom stereocenters. The first-order valence-corrected chi connectivity index (χ1v) is 8.27. The third-order valence-corrected chi connectivity index (χ3v) is 3.08. The molecule has 0 bridgehead atoms. The van der Waals surface area contributed by atoms with Crippen molar-refractivity contribution in [2.24, 2.45) is 11.5 Å². The van der Waals surface area contributed by atoms with Gasteiger partial charge in [0.1, 0.15) is 11.2 Å². The Kier molecular flexibility index (Phi) is 6.46. The molecule has 0 radical (unpaired) electrons. The second kappa shape index (κ2) is 7.57. The van der Waals surface area contributed by atoms with E-state index in [1.807, 2.05) is 41.5 Å². The van der Waals surface area contributed by atoms with Crippen LogP contribution >= 0.6 is 0 Å². The number of hydrogen-bond donors (Lipinski definition) is 4. The van der Waals surface area contributed by atoms with Crippen molar-refractivity contribution in [3.8, 4) is 0 Å². The molecule has 6 N–H and O–H groups in total. The van der Waals surface area contributed by atoms with Gasteiger partial charge in [-0.15, -0.1) is 0 Å². The monoisotopic (exact) mass is 344 g/mol. The van der Waals surface area contributed by atoms with E-state index in [9.17, 15) is 9.59 Å². The van der Waals surface area contributed by atoms with E-state index in [1.165, 1.54) is 0 Å². The number of alkyl carbamates (subject to hydrolysis) is 2. The van der Waals surface area contributed by atoms with Crippen LogP contribution in [-0.4, -0.2) is 47.6 Å². The lowest BCUT2D eigenvalue weighted by molar-refractivity contribution is 0.0511. The summed E-state index contributed by atoms with van der Waals surface area (Å²) in [6.45, 7) is 11.0. The number of carbonyl (C=O) groups is 2. The van der Waals surface area contributed by atoms with Crippen molar-refractivity contribution in [1.29, 1.82) is 0 Å². The zero-order valence-corrected chi connectivity index (χ0v) is 15.5. The highest BCUT2D eigenvalue weighted by molar-refractivity contribution is 5.69. The van der Waals surface area contributed by atoms with Crippen molar-refractivity contribution >= 4 is 12.2 Å². The van der Waals surface area contributed by atoms with E-state index >= 15 is 0 Å². The second-order valence-electron chi connectivity index (χ2n) is 8.30. The number of nitrogens with one attached hydrogen (secondary N) is 2. The van der Waals surface area contributed by atoms with Gasteiger partial charge in [0.2, 0.25) is 0 Å². The minimum atomic E-state index is -0.428. The molecule has 0 spiro atoms. The van der Waals surface area contributed by atoms with Crippen molar-refractivity contribution in [1.82, 2.24) is 10.6 Å². The Morgan fingerprint density at radius 3 is 1.21 bits per heavy atom. The summed E-state index contributed by atoms with van der Waals surface area (Å²) in [6, 6.07) is 0.495. The van der Waals surface area contributed by atoms with Gasteiger partial charge in [-0.25, -0.2) is 9.59 Å². The third-order valence-electron chi connectivity index (χ3n) is 3.08. The summed E-state index contributed by atoms with van der Waals surface area (Å²) >= 11 is 0. The fraction of sp³-hybridized carbons (Fsp3) is 0.875. The number of nitrogens with two attached hydrogens (primary N) is 2. The maximum absolute atomic E-state index is 11.1. The average Bonchev–Trinajstić information content (AvgIpc) is 3.17. The Morgan fingerprint density at radius 2 is 1.04 bits per heavy atom. The van der Waals surface area contributed by atoms with E-state index in [4.69, 9.17) is 20.9 Å². The zero-order valence-electron chi connectivity index (χ0n) is 15.5. The van der Waals surface area contributed by atoms with Crippen LogP contribution in [0, 0.1) is 0 Å². The van der Waals surface area contributed by atoms with Gasteiger partial charge in [-0.1, -0.05) is 0 Å². The van der Waals surface area contributed by atoms with Gasteiger partial charge in [-0.3, -0.25) is 0 Å². The van der Waals surface area contributed by atoms with E-state index in [2.05, 4.69) is 10.6 Å². The first-order chi connectivity index (χ1) is 10.8. The Morgan fingerprint density at radius 1 is 0.792 bits per heavy atom. The fourth-order valence-electron chi connectivity index (χ4n) is 1.68. The summed E-state index contributed by atoms with van der Waals surface area (Å²) in [4.78, 5) is 22.1. The van der Waals surface area contributed by atoms with Gasteiger partial charge in [0.25, 0.3) is 0 Å². The van der Waals surface area contributed by atoms with Crippen LogP contribution in [0.5, 0.6) is 0 Å². The molecule has 0 saturated heterocycles. The van der Waals surface area contributed by atoms with E-state index < -0.39 is 11.2 Å². The minimum absolute atomic E-state index is 0.123. The van der Waals surface area contributed by atoms with Crippen LogP contribution in [0.3, 0.4) is 0 Å². The number of hydrogen-bond acceptors (Lipinski definition) is 6. The number of ether oxygens (including phenoxy) is 2. The van der Waals surface area contributed by atoms with Gasteiger partial charge in [0.05, 0.1) is 0 Å². The molecule has 0 heterocycles. The molecule has 2 saturated carbocycles. The van der Waals surface area contributed by atoms with Crippen molar-refractivity contribution in [2.45, 2.75) is 89.8 Å². The summed E-state index contributed by atoms with van der Waals surface area (Å²) in [5.74, 6) is 0. The van der Waals surface area contributed by atoms with E-state index in [0.717, 1.165) is 12.8 Å². The predicted molar refractivity (Wildman–Crippen MR) is 91.5 cm³/mol. The lowest BCUT2D eigenvalue weighted by Gasteiger charge is -2.19. The minimum Gasteiger partial charge on any atom is -0.444 e. The van der Waals surface area contributed by atoms with Crippen LogP contribution in [-0.2, 0) is 9.47 Å². The molecule has 2 rings (SSSR count). The summed E-state index contributed by atoms with van der Waals surface area (Å²) in [7, 11) is 0. The number of carbonyl (C=O) groups excluding carboxylic acids is 2. The van der Waals surface area contributed by atoms with Crippen LogP contribution in [0.2, 0.25) is 0 Å². The van der Waals surface area contributed by atoms with Crippen molar-refractivity contribution in [3.05, 3.63) is 0 Å². The van der Waals surface area contributed by atoms with Gasteiger partial charge in [0, 0.05) is 24.2 Å². The Bertz CT molecular complexity index is 414. The van der Waals surface area contributed by atoms with Crippen LogP contribution in [0.1, 0.15) is 54.4 Å². The summed E-state index contributed by atoms with van der Waals surface area (Å²) in [5.41, 5.74) is 10.2. The normalized spacial score (nSPS) is 28.0. The van der Waals surface area contributed by atoms with Crippen molar-refractivity contribution < 1.29 is 19.1 Å². The molecule has 8 heteroatoms. The Labute approximate surface area is 144 Å². The molecule has 2 fully saturated rings. The number of rotatable bonds is 2. The van der Waals surface area contributed by atoms with E-state index in [0.29, 0.717) is 0 Å². The van der Waals surface area contributed by atoms with Crippen molar-refractivity contribution in [2.75, 3.05) is 0 Å². The highest BCUT2D eigenvalue weighted by Crippen LogP contribution is 2.19. The molecule has 0 aromatic rings. The number of amides is 2. The quantitative estimate of drug-likeness (QED) is 0.596. The predicted octanol–water partition coefficient (Wildman–Crippen LogP) is 1.22. The fourth-order valence-corrected chi connectivity index (χ4v) is 1.68. The molecular formula is C16H32N4O4. The Hall–Kier alpha value is -1.54. The first kappa shape index (κ1) is 20.5. The summed E-state index contributed by atoms with van der Waals surface area (Å²) in [6.07, 6.45) is 0.972. The lowest BCUT2D eigenvalue weighted by Crippen LogP contribution is -2.35. The molecule has 0 aromatic heterocycles. The first-order valence-electron chi connectivity index (χ1n) is 8.27. The molecule has 0 aromatic carbocycles. The average molecular weight is 344 g/mol. The summed E-state index contributed by atoms with van der Waals surface area (Å²) < 4.78 is 10.1. The van der Waals surface area contributed by atoms with Gasteiger partial charge in [0.15, 0.2) is 0 Å². The summed E-state index contributed by atoms with van der Waals surface area (Å²) in [5, 5.41) is 5.35.